The van der Waals surface area contributed by atoms with Gasteiger partial charge in [-0.1, -0.05) is 12.1 Å². The highest BCUT2D eigenvalue weighted by atomic mass is 16.5. The third kappa shape index (κ3) is 3.47. The van der Waals surface area contributed by atoms with Crippen molar-refractivity contribution < 1.29 is 9.53 Å². The zero-order chi connectivity index (χ0) is 13.0. The van der Waals surface area contributed by atoms with E-state index in [0.29, 0.717) is 25.6 Å². The highest BCUT2D eigenvalue weighted by molar-refractivity contribution is 5.77. The number of hydrogen-bond acceptors (Lipinski definition) is 3. The first-order chi connectivity index (χ1) is 8.70. The van der Waals surface area contributed by atoms with Crippen molar-refractivity contribution in [3.63, 3.8) is 0 Å². The molecular formula is C14H20N2O2. The number of benzene rings is 1. The molecule has 0 heterocycles. The Morgan fingerprint density at radius 1 is 1.50 bits per heavy atom. The quantitative estimate of drug-likeness (QED) is 0.781. The van der Waals surface area contributed by atoms with E-state index in [1.165, 1.54) is 0 Å². The summed E-state index contributed by atoms with van der Waals surface area (Å²) in [5.74, 6) is 0.168. The van der Waals surface area contributed by atoms with E-state index >= 15 is 0 Å². The van der Waals surface area contributed by atoms with Crippen molar-refractivity contribution >= 4 is 11.6 Å². The summed E-state index contributed by atoms with van der Waals surface area (Å²) in [4.78, 5) is 14.0. The van der Waals surface area contributed by atoms with Crippen LogP contribution in [-0.4, -0.2) is 30.6 Å². The summed E-state index contributed by atoms with van der Waals surface area (Å²) in [5.41, 5.74) is 7.59. The number of ether oxygens (including phenoxy) is 1. The first-order valence-electron chi connectivity index (χ1n) is 6.33. The maximum atomic E-state index is 12.1. The normalized spacial score (nSPS) is 14.5. The van der Waals surface area contributed by atoms with Gasteiger partial charge in [-0.15, -0.1) is 0 Å². The lowest BCUT2D eigenvalue weighted by Gasteiger charge is -2.22. The third-order valence-electron chi connectivity index (χ3n) is 3.13. The molecule has 0 radical (unpaired) electrons. The number of amides is 1. The molecule has 0 aliphatic heterocycles. The van der Waals surface area contributed by atoms with Crippen molar-refractivity contribution in [1.82, 2.24) is 4.90 Å². The minimum Gasteiger partial charge on any atom is -0.399 e. The number of carbonyl (C=O) groups is 1. The first kappa shape index (κ1) is 12.9. The third-order valence-corrected chi connectivity index (χ3v) is 3.13. The maximum Gasteiger partial charge on any atom is 0.225 e. The number of rotatable bonds is 6. The number of anilines is 1. The van der Waals surface area contributed by atoms with E-state index in [1.807, 2.05) is 29.2 Å². The van der Waals surface area contributed by atoms with Crippen LogP contribution in [0.15, 0.2) is 24.3 Å². The molecule has 1 saturated carbocycles. The fraction of sp³-hybridized carbons (Fsp3) is 0.500. The number of hydrogen-bond donors (Lipinski definition) is 1. The van der Waals surface area contributed by atoms with Gasteiger partial charge in [0.1, 0.15) is 0 Å². The molecule has 0 saturated heterocycles. The molecular weight excluding hydrogens is 228 g/mol. The van der Waals surface area contributed by atoms with Crippen LogP contribution in [0.2, 0.25) is 0 Å². The largest absolute Gasteiger partial charge is 0.399 e. The molecule has 1 aliphatic rings. The SMILES string of the molecule is COCCC(=O)N(Cc1cccc(N)c1)C1CC1. The first-order valence-corrected chi connectivity index (χ1v) is 6.33. The van der Waals surface area contributed by atoms with Crippen molar-refractivity contribution in [1.29, 1.82) is 0 Å². The lowest BCUT2D eigenvalue weighted by Crippen LogP contribution is -2.33. The van der Waals surface area contributed by atoms with Gasteiger partial charge in [0.15, 0.2) is 0 Å². The number of nitrogens with two attached hydrogens (primary N) is 1. The Balaban J connectivity index is 2.00. The second-order valence-corrected chi connectivity index (χ2v) is 4.74. The Kier molecular flexibility index (Phi) is 4.20. The number of methoxy groups -OCH3 is 1. The lowest BCUT2D eigenvalue weighted by atomic mass is 10.2. The smallest absolute Gasteiger partial charge is 0.225 e. The van der Waals surface area contributed by atoms with E-state index in [0.717, 1.165) is 24.1 Å². The summed E-state index contributed by atoms with van der Waals surface area (Å²) in [5, 5.41) is 0. The average Bonchev–Trinajstić information content (AvgIpc) is 3.17. The van der Waals surface area contributed by atoms with E-state index in [2.05, 4.69) is 0 Å². The van der Waals surface area contributed by atoms with E-state index in [4.69, 9.17) is 10.5 Å². The monoisotopic (exact) mass is 248 g/mol. The zero-order valence-electron chi connectivity index (χ0n) is 10.8. The Hall–Kier alpha value is -1.55. The van der Waals surface area contributed by atoms with Gasteiger partial charge in [-0.3, -0.25) is 4.79 Å². The van der Waals surface area contributed by atoms with Crippen LogP contribution in [0.25, 0.3) is 0 Å². The number of nitrogen functional groups attached to an aromatic ring is 1. The number of nitrogens with zero attached hydrogens (tertiary/aromatic N) is 1. The van der Waals surface area contributed by atoms with Crippen molar-refractivity contribution in [3.05, 3.63) is 29.8 Å². The number of carbonyl (C=O) groups excluding carboxylic acids is 1. The van der Waals surface area contributed by atoms with Gasteiger partial charge in [-0.05, 0) is 30.5 Å². The molecule has 2 rings (SSSR count). The Morgan fingerprint density at radius 2 is 2.28 bits per heavy atom. The molecule has 0 spiro atoms. The lowest BCUT2D eigenvalue weighted by molar-refractivity contribution is -0.133. The molecule has 1 aromatic carbocycles. The molecule has 2 N–H and O–H groups in total. The van der Waals surface area contributed by atoms with Crippen LogP contribution in [0.1, 0.15) is 24.8 Å². The predicted octanol–water partition coefficient (Wildman–Crippen LogP) is 1.80. The summed E-state index contributed by atoms with van der Waals surface area (Å²) < 4.78 is 4.96. The molecule has 1 amide bonds. The van der Waals surface area contributed by atoms with Gasteiger partial charge in [-0.2, -0.15) is 0 Å². The molecule has 0 aromatic heterocycles. The Labute approximate surface area is 108 Å². The van der Waals surface area contributed by atoms with Crippen LogP contribution in [0.3, 0.4) is 0 Å². The van der Waals surface area contributed by atoms with E-state index in [-0.39, 0.29) is 5.91 Å². The summed E-state index contributed by atoms with van der Waals surface area (Å²) in [7, 11) is 1.62. The molecule has 4 nitrogen and oxygen atoms in total. The topological polar surface area (TPSA) is 55.6 Å². The summed E-state index contributed by atoms with van der Waals surface area (Å²) >= 11 is 0. The fourth-order valence-corrected chi connectivity index (χ4v) is 2.03. The fourth-order valence-electron chi connectivity index (χ4n) is 2.03. The van der Waals surface area contributed by atoms with E-state index in [1.54, 1.807) is 7.11 Å². The highest BCUT2D eigenvalue weighted by Crippen LogP contribution is 2.29. The van der Waals surface area contributed by atoms with Crippen LogP contribution in [0.5, 0.6) is 0 Å². The molecule has 0 unspecified atom stereocenters. The van der Waals surface area contributed by atoms with E-state index < -0.39 is 0 Å². The van der Waals surface area contributed by atoms with Crippen molar-refractivity contribution in [2.45, 2.75) is 31.8 Å². The van der Waals surface area contributed by atoms with Gasteiger partial charge in [0, 0.05) is 25.4 Å². The maximum absolute atomic E-state index is 12.1. The summed E-state index contributed by atoms with van der Waals surface area (Å²) in [6.45, 7) is 1.14. The molecule has 18 heavy (non-hydrogen) atoms. The van der Waals surface area contributed by atoms with E-state index in [9.17, 15) is 4.79 Å². The Morgan fingerprint density at radius 3 is 2.89 bits per heavy atom. The van der Waals surface area contributed by atoms with Crippen molar-refractivity contribution in [2.24, 2.45) is 0 Å². The molecule has 98 valence electrons. The second kappa shape index (κ2) is 5.87. The molecule has 1 aromatic rings. The standard InChI is InChI=1S/C14H20N2O2/c1-18-8-7-14(17)16(13-5-6-13)10-11-3-2-4-12(15)9-11/h2-4,9,13H,5-8,10,15H2,1H3. The van der Waals surface area contributed by atoms with Gasteiger partial charge in [0.2, 0.25) is 5.91 Å². The van der Waals surface area contributed by atoms with Crippen molar-refractivity contribution in [2.75, 3.05) is 19.5 Å². The predicted molar refractivity (Wildman–Crippen MR) is 70.9 cm³/mol. The minimum absolute atomic E-state index is 0.168. The van der Waals surface area contributed by atoms with Crippen molar-refractivity contribution in [3.8, 4) is 0 Å². The summed E-state index contributed by atoms with van der Waals surface area (Å²) in [6, 6.07) is 8.14. The second-order valence-electron chi connectivity index (χ2n) is 4.74. The zero-order valence-corrected chi connectivity index (χ0v) is 10.8. The van der Waals surface area contributed by atoms with Gasteiger partial charge < -0.3 is 15.4 Å². The van der Waals surface area contributed by atoms with Gasteiger partial charge in [0.05, 0.1) is 13.0 Å². The van der Waals surface area contributed by atoms with Crippen LogP contribution in [0.4, 0.5) is 5.69 Å². The van der Waals surface area contributed by atoms with Crippen LogP contribution in [-0.2, 0) is 16.1 Å². The highest BCUT2D eigenvalue weighted by Gasteiger charge is 2.32. The van der Waals surface area contributed by atoms with Gasteiger partial charge in [0.25, 0.3) is 0 Å². The van der Waals surface area contributed by atoms with Crippen LogP contribution < -0.4 is 5.73 Å². The van der Waals surface area contributed by atoms with Crippen LogP contribution in [0, 0.1) is 0 Å². The average molecular weight is 248 g/mol. The molecule has 1 fully saturated rings. The molecule has 4 heteroatoms. The van der Waals surface area contributed by atoms with Crippen LogP contribution >= 0.6 is 0 Å². The minimum atomic E-state index is 0.168. The Bertz CT molecular complexity index is 416. The van der Waals surface area contributed by atoms with Gasteiger partial charge in [-0.25, -0.2) is 0 Å². The molecule has 0 atom stereocenters. The van der Waals surface area contributed by atoms with Gasteiger partial charge >= 0.3 is 0 Å². The molecule has 1 aliphatic carbocycles. The molecule has 0 bridgehead atoms. The summed E-state index contributed by atoms with van der Waals surface area (Å²) in [6.07, 6.45) is 2.68.